The summed E-state index contributed by atoms with van der Waals surface area (Å²) in [6.07, 6.45) is 3.79. The summed E-state index contributed by atoms with van der Waals surface area (Å²) in [6, 6.07) is 30.2. The van der Waals surface area contributed by atoms with Crippen LogP contribution in [0.2, 0.25) is 0 Å². The standard InChI is InChI=1S/C30H32N4S2/c1-3-13-29-25(9-1)21-33(23-27-11-5-7-15-31-27)17-18-34(24-28-12-6-8-16-32-28)22-26-10-2-4-14-30(26)36-20-19-35-29/h1-16H,17-24H2. The molecular formula is C30H32N4S2. The van der Waals surface area contributed by atoms with E-state index < -0.39 is 0 Å². The van der Waals surface area contributed by atoms with E-state index in [1.165, 1.54) is 20.9 Å². The maximum Gasteiger partial charge on any atom is 0.0544 e. The molecule has 2 aromatic heterocycles. The summed E-state index contributed by atoms with van der Waals surface area (Å²) in [5.74, 6) is 2.18. The van der Waals surface area contributed by atoms with Gasteiger partial charge in [0.25, 0.3) is 0 Å². The zero-order chi connectivity index (χ0) is 24.4. The van der Waals surface area contributed by atoms with Crippen molar-refractivity contribution in [3.63, 3.8) is 0 Å². The molecule has 0 bridgehead atoms. The van der Waals surface area contributed by atoms with Crippen LogP contribution in [-0.2, 0) is 26.2 Å². The van der Waals surface area contributed by atoms with Crippen LogP contribution in [0.5, 0.6) is 0 Å². The Hall–Kier alpha value is -2.64. The van der Waals surface area contributed by atoms with Gasteiger partial charge in [-0.3, -0.25) is 19.8 Å². The molecule has 0 radical (unpaired) electrons. The van der Waals surface area contributed by atoms with E-state index in [4.69, 9.17) is 0 Å². The molecule has 0 aliphatic carbocycles. The van der Waals surface area contributed by atoms with Crippen LogP contribution in [0.3, 0.4) is 0 Å². The van der Waals surface area contributed by atoms with Crippen LogP contribution in [0, 0.1) is 0 Å². The number of nitrogens with zero attached hydrogens (tertiary/aromatic N) is 4. The average Bonchev–Trinajstić information content (AvgIpc) is 2.92. The summed E-state index contributed by atoms with van der Waals surface area (Å²) in [5, 5.41) is 0. The topological polar surface area (TPSA) is 32.3 Å². The Balaban J connectivity index is 1.44. The highest BCUT2D eigenvalue weighted by Gasteiger charge is 2.16. The Labute approximate surface area is 223 Å². The Morgan fingerprint density at radius 3 is 1.44 bits per heavy atom. The molecule has 4 aromatic rings. The summed E-state index contributed by atoms with van der Waals surface area (Å²) in [4.78, 5) is 17.1. The number of hydrogen-bond acceptors (Lipinski definition) is 6. The van der Waals surface area contributed by atoms with E-state index in [9.17, 15) is 0 Å². The minimum atomic E-state index is 0.837. The molecule has 0 spiro atoms. The number of rotatable bonds is 4. The number of pyridine rings is 2. The van der Waals surface area contributed by atoms with E-state index >= 15 is 0 Å². The molecule has 0 amide bonds. The minimum Gasteiger partial charge on any atom is -0.292 e. The lowest BCUT2D eigenvalue weighted by molar-refractivity contribution is 0.179. The van der Waals surface area contributed by atoms with Crippen molar-refractivity contribution in [2.45, 2.75) is 36.0 Å². The van der Waals surface area contributed by atoms with Gasteiger partial charge in [-0.05, 0) is 47.5 Å². The smallest absolute Gasteiger partial charge is 0.0544 e. The van der Waals surface area contributed by atoms with Crippen LogP contribution in [0.15, 0.2) is 107 Å². The number of aromatic nitrogens is 2. The van der Waals surface area contributed by atoms with Crippen LogP contribution in [0.25, 0.3) is 0 Å². The molecule has 184 valence electrons. The molecule has 2 aromatic carbocycles. The highest BCUT2D eigenvalue weighted by atomic mass is 32.2. The maximum absolute atomic E-state index is 4.63. The van der Waals surface area contributed by atoms with Gasteiger partial charge in [0, 0.05) is 73.0 Å². The maximum atomic E-state index is 4.63. The Morgan fingerprint density at radius 2 is 1.00 bits per heavy atom. The predicted octanol–water partition coefficient (Wildman–Crippen LogP) is 6.38. The third kappa shape index (κ3) is 7.20. The first-order valence-corrected chi connectivity index (χ1v) is 14.5. The molecule has 1 aliphatic rings. The summed E-state index contributed by atoms with van der Waals surface area (Å²) in [6.45, 7) is 5.42. The van der Waals surface area contributed by atoms with E-state index in [-0.39, 0.29) is 0 Å². The van der Waals surface area contributed by atoms with E-state index in [0.717, 1.165) is 62.2 Å². The first-order valence-electron chi connectivity index (χ1n) is 12.5. The van der Waals surface area contributed by atoms with Gasteiger partial charge in [-0.25, -0.2) is 0 Å². The lowest BCUT2D eigenvalue weighted by Gasteiger charge is -2.29. The lowest BCUT2D eigenvalue weighted by Crippen LogP contribution is -2.35. The van der Waals surface area contributed by atoms with Gasteiger partial charge in [0.05, 0.1) is 11.4 Å². The molecule has 6 heteroatoms. The van der Waals surface area contributed by atoms with E-state index in [1.807, 2.05) is 48.1 Å². The first kappa shape index (κ1) is 25.0. The van der Waals surface area contributed by atoms with Crippen molar-refractivity contribution in [1.82, 2.24) is 19.8 Å². The van der Waals surface area contributed by atoms with Gasteiger partial charge in [-0.1, -0.05) is 48.5 Å². The summed E-state index contributed by atoms with van der Waals surface area (Å²) < 4.78 is 0. The average molecular weight is 513 g/mol. The molecule has 36 heavy (non-hydrogen) atoms. The van der Waals surface area contributed by atoms with Gasteiger partial charge in [0.15, 0.2) is 0 Å². The third-order valence-electron chi connectivity index (χ3n) is 6.29. The van der Waals surface area contributed by atoms with Crippen molar-refractivity contribution < 1.29 is 0 Å². The monoisotopic (exact) mass is 512 g/mol. The molecule has 0 saturated carbocycles. The van der Waals surface area contributed by atoms with Crippen molar-refractivity contribution in [2.75, 3.05) is 24.6 Å². The van der Waals surface area contributed by atoms with Crippen LogP contribution in [-0.4, -0.2) is 44.4 Å². The summed E-state index contributed by atoms with van der Waals surface area (Å²) in [5.41, 5.74) is 5.03. The molecule has 0 fully saturated rings. The highest BCUT2D eigenvalue weighted by Crippen LogP contribution is 2.29. The molecule has 0 atom stereocenters. The fourth-order valence-corrected chi connectivity index (χ4v) is 6.58. The molecular weight excluding hydrogens is 480 g/mol. The molecule has 4 nitrogen and oxygen atoms in total. The molecule has 0 unspecified atom stereocenters. The molecule has 3 heterocycles. The predicted molar refractivity (Wildman–Crippen MR) is 151 cm³/mol. The van der Waals surface area contributed by atoms with Crippen LogP contribution >= 0.6 is 23.5 Å². The quantitative estimate of drug-likeness (QED) is 0.316. The van der Waals surface area contributed by atoms with Gasteiger partial charge in [-0.15, -0.1) is 23.5 Å². The Bertz CT molecular complexity index is 1120. The normalized spacial score (nSPS) is 16.0. The van der Waals surface area contributed by atoms with Gasteiger partial charge in [-0.2, -0.15) is 0 Å². The number of hydrogen-bond donors (Lipinski definition) is 0. The third-order valence-corrected chi connectivity index (χ3v) is 8.78. The van der Waals surface area contributed by atoms with Gasteiger partial charge in [0.2, 0.25) is 0 Å². The van der Waals surface area contributed by atoms with Crippen LogP contribution < -0.4 is 0 Å². The largest absolute Gasteiger partial charge is 0.292 e. The second-order valence-electron chi connectivity index (χ2n) is 8.98. The number of fused-ring (bicyclic) bond motifs is 2. The molecule has 1 aliphatic heterocycles. The van der Waals surface area contributed by atoms with Crippen molar-refractivity contribution >= 4 is 23.5 Å². The number of benzene rings is 2. The number of thioether (sulfide) groups is 2. The van der Waals surface area contributed by atoms with Crippen molar-refractivity contribution in [3.8, 4) is 0 Å². The Morgan fingerprint density at radius 1 is 0.556 bits per heavy atom. The fraction of sp³-hybridized carbons (Fsp3) is 0.267. The molecule has 0 N–H and O–H groups in total. The van der Waals surface area contributed by atoms with E-state index in [0.29, 0.717) is 0 Å². The summed E-state index contributed by atoms with van der Waals surface area (Å²) in [7, 11) is 0. The second kappa shape index (κ2) is 13.1. The van der Waals surface area contributed by atoms with E-state index in [1.54, 1.807) is 0 Å². The second-order valence-corrected chi connectivity index (χ2v) is 11.2. The SMILES string of the molecule is c1ccc(CN2CCN(Cc3ccccn3)Cc3ccccc3SCCSc3ccccc3C2)nc1. The van der Waals surface area contributed by atoms with Crippen LogP contribution in [0.4, 0.5) is 0 Å². The zero-order valence-electron chi connectivity index (χ0n) is 20.5. The molecule has 5 rings (SSSR count). The first-order chi connectivity index (χ1) is 17.8. The van der Waals surface area contributed by atoms with Gasteiger partial charge in [0.1, 0.15) is 0 Å². The van der Waals surface area contributed by atoms with Gasteiger partial charge < -0.3 is 0 Å². The van der Waals surface area contributed by atoms with Crippen molar-refractivity contribution in [3.05, 3.63) is 120 Å². The lowest BCUT2D eigenvalue weighted by atomic mass is 10.2. The zero-order valence-corrected chi connectivity index (χ0v) is 22.1. The summed E-state index contributed by atoms with van der Waals surface area (Å²) >= 11 is 3.95. The van der Waals surface area contributed by atoms with Crippen molar-refractivity contribution in [2.24, 2.45) is 0 Å². The fourth-order valence-electron chi connectivity index (χ4n) is 4.49. The van der Waals surface area contributed by atoms with Crippen molar-refractivity contribution in [1.29, 1.82) is 0 Å². The van der Waals surface area contributed by atoms with E-state index in [2.05, 4.69) is 92.6 Å². The highest BCUT2D eigenvalue weighted by molar-refractivity contribution is 8.03. The minimum absolute atomic E-state index is 0.837. The van der Waals surface area contributed by atoms with Crippen LogP contribution in [0.1, 0.15) is 22.5 Å². The van der Waals surface area contributed by atoms with Gasteiger partial charge >= 0.3 is 0 Å². The molecule has 0 saturated heterocycles. The Kier molecular flexibility index (Phi) is 9.08.